The van der Waals surface area contributed by atoms with Crippen LogP contribution in [0.1, 0.15) is 62.5 Å². The molecule has 1 aromatic rings. The third-order valence-corrected chi connectivity index (χ3v) is 4.90. The van der Waals surface area contributed by atoms with Crippen LogP contribution in [0.2, 0.25) is 0 Å². The van der Waals surface area contributed by atoms with Gasteiger partial charge in [-0.1, -0.05) is 44.0 Å². The van der Waals surface area contributed by atoms with Crippen molar-refractivity contribution in [3.8, 4) is 0 Å². The van der Waals surface area contributed by atoms with Gasteiger partial charge in [0, 0.05) is 32.0 Å². The Hall–Kier alpha value is -1.31. The van der Waals surface area contributed by atoms with Crippen molar-refractivity contribution in [3.05, 3.63) is 35.4 Å². The molecule has 0 bridgehead atoms. The molecule has 0 aromatic heterocycles. The van der Waals surface area contributed by atoms with Gasteiger partial charge in [-0.05, 0) is 36.8 Å². The van der Waals surface area contributed by atoms with Gasteiger partial charge in [-0.15, -0.1) is 0 Å². The molecule has 2 heteroatoms. The summed E-state index contributed by atoms with van der Waals surface area (Å²) in [6.45, 7) is 5.63. The first-order chi connectivity index (χ1) is 10.4. The van der Waals surface area contributed by atoms with Crippen LogP contribution in [0.3, 0.4) is 0 Å². The Morgan fingerprint density at radius 1 is 1.14 bits per heavy atom. The zero-order valence-corrected chi connectivity index (χ0v) is 13.4. The molecule has 114 valence electrons. The third kappa shape index (κ3) is 3.66. The van der Waals surface area contributed by atoms with Gasteiger partial charge in [0.15, 0.2) is 0 Å². The van der Waals surface area contributed by atoms with Gasteiger partial charge in [0.25, 0.3) is 0 Å². The van der Waals surface area contributed by atoms with E-state index in [1.807, 2.05) is 0 Å². The number of amidine groups is 1. The fraction of sp³-hybridized carbons (Fsp3) is 0.632. The second-order valence-corrected chi connectivity index (χ2v) is 6.56. The number of unbranched alkanes of at least 4 members (excludes halogenated alkanes) is 1. The predicted molar refractivity (Wildman–Crippen MR) is 90.1 cm³/mol. The topological polar surface area (TPSA) is 15.6 Å². The van der Waals surface area contributed by atoms with Crippen LogP contribution in [0.25, 0.3) is 0 Å². The van der Waals surface area contributed by atoms with Gasteiger partial charge in [0.2, 0.25) is 0 Å². The van der Waals surface area contributed by atoms with E-state index in [1.54, 1.807) is 0 Å². The molecule has 1 saturated heterocycles. The Balaban J connectivity index is 1.66. The molecule has 1 aromatic carbocycles. The van der Waals surface area contributed by atoms with Crippen molar-refractivity contribution in [1.29, 1.82) is 0 Å². The highest BCUT2D eigenvalue weighted by atomic mass is 15.2. The van der Waals surface area contributed by atoms with Crippen LogP contribution in [-0.4, -0.2) is 30.4 Å². The molecular formula is C19H28N2. The van der Waals surface area contributed by atoms with E-state index in [1.165, 1.54) is 75.0 Å². The summed E-state index contributed by atoms with van der Waals surface area (Å²) >= 11 is 0. The maximum Gasteiger partial charge on any atom is 0.0989 e. The molecule has 1 unspecified atom stereocenters. The van der Waals surface area contributed by atoms with Crippen molar-refractivity contribution in [2.45, 2.75) is 57.8 Å². The maximum absolute atomic E-state index is 4.88. The lowest BCUT2D eigenvalue weighted by atomic mass is 9.95. The van der Waals surface area contributed by atoms with Gasteiger partial charge < -0.3 is 4.90 Å². The Morgan fingerprint density at radius 2 is 2.00 bits per heavy atom. The molecule has 1 fully saturated rings. The summed E-state index contributed by atoms with van der Waals surface area (Å²) in [5.41, 5.74) is 2.96. The van der Waals surface area contributed by atoms with Crippen LogP contribution >= 0.6 is 0 Å². The van der Waals surface area contributed by atoms with Gasteiger partial charge in [-0.2, -0.15) is 0 Å². The highest BCUT2D eigenvalue weighted by molar-refractivity contribution is 5.83. The van der Waals surface area contributed by atoms with E-state index < -0.39 is 0 Å². The molecule has 2 nitrogen and oxygen atoms in total. The minimum atomic E-state index is 0.590. The summed E-state index contributed by atoms with van der Waals surface area (Å²) in [5, 5.41) is 0. The van der Waals surface area contributed by atoms with Gasteiger partial charge in [0.05, 0.1) is 5.84 Å². The van der Waals surface area contributed by atoms with Gasteiger partial charge in [-0.25, -0.2) is 0 Å². The third-order valence-electron chi connectivity index (χ3n) is 4.90. The standard InChI is InChI=1S/C19H28N2/c1-2-3-7-16-9-11-17(12-10-16)18-14-20-19-8-5-4-6-13-21(19)15-18/h9-12,18H,2-8,13-15H2,1H3. The lowest BCUT2D eigenvalue weighted by Gasteiger charge is -2.33. The molecule has 2 aliphatic rings. The molecule has 0 aliphatic carbocycles. The average Bonchev–Trinajstić information content (AvgIpc) is 2.78. The smallest absolute Gasteiger partial charge is 0.0989 e. The molecule has 3 rings (SSSR count). The summed E-state index contributed by atoms with van der Waals surface area (Å²) in [4.78, 5) is 7.43. The number of rotatable bonds is 4. The molecule has 2 heterocycles. The number of fused-ring (bicyclic) bond motifs is 1. The first kappa shape index (κ1) is 14.6. The Morgan fingerprint density at radius 3 is 2.81 bits per heavy atom. The Labute approximate surface area is 129 Å². The first-order valence-electron chi connectivity index (χ1n) is 8.74. The molecule has 1 atom stereocenters. The van der Waals surface area contributed by atoms with Crippen molar-refractivity contribution in [1.82, 2.24) is 4.90 Å². The molecule has 2 aliphatic heterocycles. The van der Waals surface area contributed by atoms with Gasteiger partial charge >= 0.3 is 0 Å². The molecule has 0 spiro atoms. The number of nitrogens with zero attached hydrogens (tertiary/aromatic N) is 2. The minimum Gasteiger partial charge on any atom is -0.360 e. The predicted octanol–water partition coefficient (Wildman–Crippen LogP) is 4.40. The fourth-order valence-corrected chi connectivity index (χ4v) is 3.51. The molecule has 0 N–H and O–H groups in total. The second-order valence-electron chi connectivity index (χ2n) is 6.56. The molecule has 0 amide bonds. The zero-order chi connectivity index (χ0) is 14.5. The first-order valence-corrected chi connectivity index (χ1v) is 8.74. The highest BCUT2D eigenvalue weighted by Crippen LogP contribution is 2.25. The number of aryl methyl sites for hydroxylation is 1. The zero-order valence-electron chi connectivity index (χ0n) is 13.4. The molecule has 21 heavy (non-hydrogen) atoms. The summed E-state index contributed by atoms with van der Waals surface area (Å²) in [6.07, 6.45) is 9.01. The summed E-state index contributed by atoms with van der Waals surface area (Å²) in [5.74, 6) is 1.97. The van der Waals surface area contributed by atoms with Crippen molar-refractivity contribution in [2.75, 3.05) is 19.6 Å². The molecule has 0 radical (unpaired) electrons. The van der Waals surface area contributed by atoms with E-state index in [-0.39, 0.29) is 0 Å². The fourth-order valence-electron chi connectivity index (χ4n) is 3.51. The van der Waals surface area contributed by atoms with Crippen LogP contribution in [0.4, 0.5) is 0 Å². The van der Waals surface area contributed by atoms with Crippen molar-refractivity contribution < 1.29 is 0 Å². The summed E-state index contributed by atoms with van der Waals surface area (Å²) in [6, 6.07) is 9.33. The Kier molecular flexibility index (Phi) is 4.95. The van der Waals surface area contributed by atoms with Crippen LogP contribution in [0, 0.1) is 0 Å². The van der Waals surface area contributed by atoms with E-state index in [2.05, 4.69) is 36.1 Å². The monoisotopic (exact) mass is 284 g/mol. The van der Waals surface area contributed by atoms with E-state index >= 15 is 0 Å². The number of benzene rings is 1. The highest BCUT2D eigenvalue weighted by Gasteiger charge is 2.24. The van der Waals surface area contributed by atoms with Crippen LogP contribution in [0.5, 0.6) is 0 Å². The summed E-state index contributed by atoms with van der Waals surface area (Å²) in [7, 11) is 0. The van der Waals surface area contributed by atoms with Crippen molar-refractivity contribution in [3.63, 3.8) is 0 Å². The van der Waals surface area contributed by atoms with Crippen molar-refractivity contribution in [2.24, 2.45) is 4.99 Å². The van der Waals surface area contributed by atoms with Crippen molar-refractivity contribution >= 4 is 5.84 Å². The quantitative estimate of drug-likeness (QED) is 0.800. The largest absolute Gasteiger partial charge is 0.360 e. The number of aliphatic imine (C=N–C) groups is 1. The van der Waals surface area contributed by atoms with E-state index in [0.717, 1.165) is 6.54 Å². The maximum atomic E-state index is 4.88. The van der Waals surface area contributed by atoms with Gasteiger partial charge in [-0.3, -0.25) is 4.99 Å². The second kappa shape index (κ2) is 7.11. The minimum absolute atomic E-state index is 0.590. The van der Waals surface area contributed by atoms with E-state index in [0.29, 0.717) is 5.92 Å². The summed E-state index contributed by atoms with van der Waals surface area (Å²) < 4.78 is 0. The van der Waals surface area contributed by atoms with E-state index in [4.69, 9.17) is 4.99 Å². The SMILES string of the molecule is CCCCc1ccc(C2CN=C3CCCCCN3C2)cc1. The Bertz CT molecular complexity index is 475. The van der Waals surface area contributed by atoms with Gasteiger partial charge in [0.1, 0.15) is 0 Å². The number of hydrogen-bond acceptors (Lipinski definition) is 2. The molecular weight excluding hydrogens is 256 g/mol. The lowest BCUT2D eigenvalue weighted by Crippen LogP contribution is -2.39. The lowest BCUT2D eigenvalue weighted by molar-refractivity contribution is 0.363. The van der Waals surface area contributed by atoms with E-state index in [9.17, 15) is 0 Å². The average molecular weight is 284 g/mol. The van der Waals surface area contributed by atoms with Crippen LogP contribution in [-0.2, 0) is 6.42 Å². The molecule has 0 saturated carbocycles. The van der Waals surface area contributed by atoms with Crippen LogP contribution in [0.15, 0.2) is 29.3 Å². The normalized spacial score (nSPS) is 22.4. The van der Waals surface area contributed by atoms with Crippen LogP contribution < -0.4 is 0 Å². The number of hydrogen-bond donors (Lipinski definition) is 0.